The van der Waals surface area contributed by atoms with Gasteiger partial charge in [-0.15, -0.1) is 0 Å². The van der Waals surface area contributed by atoms with Crippen LogP contribution in [0, 0.1) is 5.82 Å². The van der Waals surface area contributed by atoms with E-state index in [-0.39, 0.29) is 35.5 Å². The van der Waals surface area contributed by atoms with E-state index in [2.05, 4.69) is 5.32 Å². The van der Waals surface area contributed by atoms with Crippen molar-refractivity contribution in [3.8, 4) is 5.75 Å². The van der Waals surface area contributed by atoms with Gasteiger partial charge in [0.15, 0.2) is 0 Å². The summed E-state index contributed by atoms with van der Waals surface area (Å²) >= 11 is 0. The van der Waals surface area contributed by atoms with E-state index in [1.54, 1.807) is 54.6 Å². The summed E-state index contributed by atoms with van der Waals surface area (Å²) in [6.45, 7) is -0.608. The van der Waals surface area contributed by atoms with Crippen LogP contribution in [0.4, 0.5) is 10.1 Å². The summed E-state index contributed by atoms with van der Waals surface area (Å²) in [5, 5.41) is 3.14. The maximum atomic E-state index is 14.5. The predicted octanol–water partition coefficient (Wildman–Crippen LogP) is 5.73. The molecule has 5 rings (SSSR count). The zero-order valence-corrected chi connectivity index (χ0v) is 26.5. The van der Waals surface area contributed by atoms with Gasteiger partial charge >= 0.3 is 0 Å². The lowest BCUT2D eigenvalue weighted by atomic mass is 10.0. The van der Waals surface area contributed by atoms with Crippen molar-refractivity contribution < 1.29 is 27.1 Å². The van der Waals surface area contributed by atoms with Crippen LogP contribution in [0.5, 0.6) is 5.75 Å². The Hall–Kier alpha value is -4.70. The molecule has 0 spiro atoms. The number of rotatable bonds is 13. The van der Waals surface area contributed by atoms with Crippen LogP contribution in [-0.4, -0.2) is 50.9 Å². The van der Waals surface area contributed by atoms with Crippen LogP contribution in [0.25, 0.3) is 0 Å². The predicted molar refractivity (Wildman–Crippen MR) is 175 cm³/mol. The SMILES string of the molecule is COc1ccc(N(CC(=O)N(Cc2ccc(F)cc2)[C@@H](Cc2ccccc2)C(=O)NC2CCCC2)S(=O)(=O)c2ccccc2)cc1. The maximum absolute atomic E-state index is 14.5. The number of anilines is 1. The van der Waals surface area contributed by atoms with Crippen molar-refractivity contribution in [3.63, 3.8) is 0 Å². The minimum Gasteiger partial charge on any atom is -0.497 e. The Balaban J connectivity index is 1.55. The molecule has 4 aromatic rings. The highest BCUT2D eigenvalue weighted by atomic mass is 32.2. The number of benzene rings is 4. The van der Waals surface area contributed by atoms with E-state index in [1.807, 2.05) is 30.3 Å². The van der Waals surface area contributed by atoms with Gasteiger partial charge in [0, 0.05) is 19.0 Å². The summed E-state index contributed by atoms with van der Waals surface area (Å²) in [4.78, 5) is 30.0. The van der Waals surface area contributed by atoms with Gasteiger partial charge in [0.2, 0.25) is 11.8 Å². The summed E-state index contributed by atoms with van der Waals surface area (Å²) in [6.07, 6.45) is 3.95. The molecule has 1 saturated carbocycles. The third-order valence-electron chi connectivity index (χ3n) is 8.21. The Morgan fingerprint density at radius 2 is 1.46 bits per heavy atom. The fourth-order valence-corrected chi connectivity index (χ4v) is 7.14. The van der Waals surface area contributed by atoms with Crippen LogP contribution in [0.2, 0.25) is 0 Å². The fourth-order valence-electron chi connectivity index (χ4n) is 5.70. The van der Waals surface area contributed by atoms with Crippen LogP contribution in [-0.2, 0) is 32.6 Å². The molecule has 1 aliphatic rings. The van der Waals surface area contributed by atoms with Crippen molar-refractivity contribution in [3.05, 3.63) is 126 Å². The average Bonchev–Trinajstić information content (AvgIpc) is 3.60. The Morgan fingerprint density at radius 3 is 2.07 bits per heavy atom. The van der Waals surface area contributed by atoms with Gasteiger partial charge in [-0.1, -0.05) is 73.5 Å². The lowest BCUT2D eigenvalue weighted by Crippen LogP contribution is -2.54. The number of hydrogen-bond donors (Lipinski definition) is 1. The Labute approximate surface area is 269 Å². The van der Waals surface area contributed by atoms with E-state index in [9.17, 15) is 22.4 Å². The molecule has 1 atom stereocenters. The number of amides is 2. The van der Waals surface area contributed by atoms with Crippen LogP contribution in [0.1, 0.15) is 36.8 Å². The number of carbonyl (C=O) groups is 2. The summed E-state index contributed by atoms with van der Waals surface area (Å²) in [5.74, 6) is -0.798. The van der Waals surface area contributed by atoms with Crippen molar-refractivity contribution in [2.75, 3.05) is 18.0 Å². The van der Waals surface area contributed by atoms with Crippen molar-refractivity contribution in [2.24, 2.45) is 0 Å². The third-order valence-corrected chi connectivity index (χ3v) is 10.00. The molecular weight excluding hydrogens is 605 g/mol. The van der Waals surface area contributed by atoms with Gasteiger partial charge in [0.05, 0.1) is 17.7 Å². The molecular formula is C36H38FN3O5S. The lowest BCUT2D eigenvalue weighted by Gasteiger charge is -2.34. The zero-order valence-electron chi connectivity index (χ0n) is 25.7. The fraction of sp³-hybridized carbons (Fsp3) is 0.278. The van der Waals surface area contributed by atoms with Gasteiger partial charge in [-0.05, 0) is 72.5 Å². The number of nitrogens with one attached hydrogen (secondary N) is 1. The molecule has 0 unspecified atom stereocenters. The molecule has 10 heteroatoms. The summed E-state index contributed by atoms with van der Waals surface area (Å²) in [6, 6.07) is 28.4. The van der Waals surface area contributed by atoms with Gasteiger partial charge in [0.25, 0.3) is 10.0 Å². The Bertz CT molecular complexity index is 1700. The van der Waals surface area contributed by atoms with Gasteiger partial charge in [-0.3, -0.25) is 13.9 Å². The van der Waals surface area contributed by atoms with E-state index in [4.69, 9.17) is 4.74 Å². The molecule has 4 aromatic carbocycles. The first-order valence-electron chi connectivity index (χ1n) is 15.3. The third kappa shape index (κ3) is 8.11. The van der Waals surface area contributed by atoms with E-state index in [1.165, 1.54) is 36.3 Å². The molecule has 0 heterocycles. The molecule has 0 aliphatic heterocycles. The van der Waals surface area contributed by atoms with Crippen LogP contribution in [0.3, 0.4) is 0 Å². The second-order valence-corrected chi connectivity index (χ2v) is 13.2. The molecule has 2 amide bonds. The Morgan fingerprint density at radius 1 is 0.848 bits per heavy atom. The van der Waals surface area contributed by atoms with E-state index >= 15 is 0 Å². The highest BCUT2D eigenvalue weighted by Crippen LogP contribution is 2.27. The first kappa shape index (κ1) is 32.7. The second kappa shape index (κ2) is 15.1. The average molecular weight is 644 g/mol. The zero-order chi connectivity index (χ0) is 32.5. The molecule has 240 valence electrons. The first-order chi connectivity index (χ1) is 22.2. The van der Waals surface area contributed by atoms with E-state index < -0.39 is 34.3 Å². The quantitative estimate of drug-likeness (QED) is 0.201. The molecule has 8 nitrogen and oxygen atoms in total. The minimum absolute atomic E-state index is 0.00259. The monoisotopic (exact) mass is 643 g/mol. The normalized spacial score (nSPS) is 14.0. The molecule has 1 fully saturated rings. The highest BCUT2D eigenvalue weighted by Gasteiger charge is 2.35. The molecule has 0 radical (unpaired) electrons. The van der Waals surface area contributed by atoms with E-state index in [0.717, 1.165) is 35.6 Å². The van der Waals surface area contributed by atoms with Gasteiger partial charge in [-0.2, -0.15) is 0 Å². The molecule has 1 aliphatic carbocycles. The van der Waals surface area contributed by atoms with Gasteiger partial charge < -0.3 is 15.0 Å². The van der Waals surface area contributed by atoms with Crippen LogP contribution in [0.15, 0.2) is 114 Å². The van der Waals surface area contributed by atoms with Gasteiger partial charge in [0.1, 0.15) is 24.2 Å². The van der Waals surface area contributed by atoms with Crippen molar-refractivity contribution >= 4 is 27.5 Å². The molecule has 0 saturated heterocycles. The first-order valence-corrected chi connectivity index (χ1v) is 16.8. The van der Waals surface area contributed by atoms with Crippen molar-refractivity contribution in [1.29, 1.82) is 0 Å². The minimum atomic E-state index is -4.21. The summed E-state index contributed by atoms with van der Waals surface area (Å²) in [5.41, 5.74) is 1.70. The van der Waals surface area contributed by atoms with E-state index in [0.29, 0.717) is 11.3 Å². The molecule has 0 bridgehead atoms. The lowest BCUT2D eigenvalue weighted by molar-refractivity contribution is -0.140. The number of hydrogen-bond acceptors (Lipinski definition) is 5. The number of nitrogens with zero attached hydrogens (tertiary/aromatic N) is 2. The molecule has 1 N–H and O–H groups in total. The van der Waals surface area contributed by atoms with Crippen molar-refractivity contribution in [1.82, 2.24) is 10.2 Å². The summed E-state index contributed by atoms with van der Waals surface area (Å²) in [7, 11) is -2.70. The largest absolute Gasteiger partial charge is 0.497 e. The standard InChI is InChI=1S/C36H38FN3O5S/c1-45-32-22-20-31(21-23-32)40(46(43,44)33-14-6-3-7-15-33)26-35(41)39(25-28-16-18-29(37)19-17-28)34(24-27-10-4-2-5-11-27)36(42)38-30-12-8-9-13-30/h2-7,10-11,14-23,30,34H,8-9,12-13,24-26H2,1H3,(H,38,42)/t34-/m0/s1. The number of methoxy groups -OCH3 is 1. The maximum Gasteiger partial charge on any atom is 0.264 e. The number of ether oxygens (including phenoxy) is 1. The molecule has 0 aromatic heterocycles. The Kier molecular flexibility index (Phi) is 10.7. The smallest absolute Gasteiger partial charge is 0.264 e. The van der Waals surface area contributed by atoms with Crippen LogP contribution >= 0.6 is 0 Å². The van der Waals surface area contributed by atoms with Crippen LogP contribution < -0.4 is 14.4 Å². The second-order valence-electron chi connectivity index (χ2n) is 11.4. The van der Waals surface area contributed by atoms with Crippen molar-refractivity contribution in [2.45, 2.75) is 55.6 Å². The number of sulfonamides is 1. The number of carbonyl (C=O) groups excluding carboxylic acids is 2. The number of halogens is 1. The van der Waals surface area contributed by atoms with Gasteiger partial charge in [-0.25, -0.2) is 12.8 Å². The topological polar surface area (TPSA) is 96.0 Å². The summed E-state index contributed by atoms with van der Waals surface area (Å²) < 4.78 is 48.3. The molecule has 46 heavy (non-hydrogen) atoms. The highest BCUT2D eigenvalue weighted by molar-refractivity contribution is 7.92.